The number of nitrogens with zero attached hydrogens (tertiary/aromatic N) is 2. The van der Waals surface area contributed by atoms with Crippen molar-refractivity contribution < 1.29 is 17.9 Å². The summed E-state index contributed by atoms with van der Waals surface area (Å²) in [6, 6.07) is 4.79. The molecule has 3 rings (SSSR count). The van der Waals surface area contributed by atoms with Crippen LogP contribution in [0.15, 0.2) is 23.1 Å². The number of ether oxygens (including phenoxy) is 2. The molecule has 2 fully saturated rings. The molecule has 0 unspecified atom stereocenters. The van der Waals surface area contributed by atoms with Crippen LogP contribution in [0.25, 0.3) is 0 Å². The zero-order valence-corrected chi connectivity index (χ0v) is 17.5. The Labute approximate surface area is 163 Å². The Morgan fingerprint density at radius 3 is 2.19 bits per heavy atom. The number of benzene rings is 1. The summed E-state index contributed by atoms with van der Waals surface area (Å²) in [5.41, 5.74) is 0. The average Bonchev–Trinajstić information content (AvgIpc) is 2.69. The van der Waals surface area contributed by atoms with Crippen molar-refractivity contribution in [2.24, 2.45) is 11.8 Å². The molecule has 152 valence electrons. The van der Waals surface area contributed by atoms with Crippen LogP contribution >= 0.6 is 0 Å². The van der Waals surface area contributed by atoms with Gasteiger partial charge in [-0.15, -0.1) is 0 Å². The zero-order chi connectivity index (χ0) is 19.4. The highest BCUT2D eigenvalue weighted by Gasteiger charge is 2.31. The summed E-state index contributed by atoms with van der Waals surface area (Å²) >= 11 is 0. The first kappa shape index (κ1) is 20.4. The number of likely N-dealkylation sites (tertiary alicyclic amines) is 1. The lowest BCUT2D eigenvalue weighted by Gasteiger charge is -2.36. The molecule has 0 spiro atoms. The van der Waals surface area contributed by atoms with Crippen molar-refractivity contribution >= 4 is 10.0 Å². The third kappa shape index (κ3) is 4.76. The second-order valence-corrected chi connectivity index (χ2v) is 9.79. The second kappa shape index (κ2) is 8.80. The predicted molar refractivity (Wildman–Crippen MR) is 106 cm³/mol. The van der Waals surface area contributed by atoms with Crippen LogP contribution in [0, 0.1) is 11.8 Å². The average molecular weight is 397 g/mol. The third-order valence-electron chi connectivity index (χ3n) is 5.96. The van der Waals surface area contributed by atoms with Crippen molar-refractivity contribution in [2.75, 3.05) is 46.9 Å². The van der Waals surface area contributed by atoms with E-state index in [1.807, 2.05) is 0 Å². The summed E-state index contributed by atoms with van der Waals surface area (Å²) in [5.74, 6) is 2.41. The Morgan fingerprint density at radius 1 is 0.963 bits per heavy atom. The first-order chi connectivity index (χ1) is 12.9. The normalized spacial score (nSPS) is 21.3. The number of sulfonamides is 1. The molecule has 6 nitrogen and oxygen atoms in total. The van der Waals surface area contributed by atoms with E-state index in [9.17, 15) is 8.42 Å². The molecule has 7 heteroatoms. The Hall–Kier alpha value is -1.31. The van der Waals surface area contributed by atoms with Gasteiger partial charge in [0, 0.05) is 25.7 Å². The van der Waals surface area contributed by atoms with Crippen molar-refractivity contribution in [1.29, 1.82) is 0 Å². The molecule has 0 atom stereocenters. The number of methoxy groups -OCH3 is 2. The Morgan fingerprint density at radius 2 is 1.59 bits per heavy atom. The maximum Gasteiger partial charge on any atom is 0.243 e. The summed E-state index contributed by atoms with van der Waals surface area (Å²) in [6.45, 7) is 6.99. The quantitative estimate of drug-likeness (QED) is 0.740. The van der Waals surface area contributed by atoms with Gasteiger partial charge in [0.1, 0.15) is 0 Å². The van der Waals surface area contributed by atoms with Gasteiger partial charge in [0.15, 0.2) is 11.5 Å². The van der Waals surface area contributed by atoms with E-state index in [0.717, 1.165) is 25.3 Å². The van der Waals surface area contributed by atoms with Crippen LogP contribution in [0.1, 0.15) is 32.6 Å². The van der Waals surface area contributed by atoms with Gasteiger partial charge in [-0.05, 0) is 62.7 Å². The van der Waals surface area contributed by atoms with Crippen LogP contribution in [-0.2, 0) is 10.0 Å². The lowest BCUT2D eigenvalue weighted by molar-refractivity contribution is 0.142. The molecule has 0 N–H and O–H groups in total. The number of rotatable bonds is 6. The van der Waals surface area contributed by atoms with Crippen LogP contribution in [0.4, 0.5) is 0 Å². The molecule has 0 aromatic heterocycles. The van der Waals surface area contributed by atoms with E-state index in [1.54, 1.807) is 29.6 Å². The summed E-state index contributed by atoms with van der Waals surface area (Å²) in [6.07, 6.45) is 4.43. The van der Waals surface area contributed by atoms with Crippen molar-refractivity contribution in [3.8, 4) is 11.5 Å². The molecule has 1 aromatic carbocycles. The van der Waals surface area contributed by atoms with Crippen LogP contribution in [0.2, 0.25) is 0 Å². The summed E-state index contributed by atoms with van der Waals surface area (Å²) < 4.78 is 38.1. The highest BCUT2D eigenvalue weighted by molar-refractivity contribution is 7.89. The van der Waals surface area contributed by atoms with Gasteiger partial charge in [-0.2, -0.15) is 4.31 Å². The second-order valence-electron chi connectivity index (χ2n) is 7.85. The fraction of sp³-hybridized carbons (Fsp3) is 0.700. The van der Waals surface area contributed by atoms with E-state index >= 15 is 0 Å². The number of hydrogen-bond acceptors (Lipinski definition) is 5. The fourth-order valence-corrected chi connectivity index (χ4v) is 5.55. The molecule has 1 aromatic rings. The Kier molecular flexibility index (Phi) is 6.65. The molecule has 2 heterocycles. The molecule has 2 saturated heterocycles. The first-order valence-electron chi connectivity index (χ1n) is 9.88. The number of piperidine rings is 2. The molecule has 0 amide bonds. The molecular formula is C20H32N2O4S. The first-order valence-corrected chi connectivity index (χ1v) is 11.3. The van der Waals surface area contributed by atoms with E-state index in [-0.39, 0.29) is 4.90 Å². The summed E-state index contributed by atoms with van der Waals surface area (Å²) in [4.78, 5) is 2.83. The molecule has 2 aliphatic rings. The monoisotopic (exact) mass is 396 g/mol. The van der Waals surface area contributed by atoms with E-state index in [2.05, 4.69) is 11.8 Å². The molecule has 0 bridgehead atoms. The van der Waals surface area contributed by atoms with Gasteiger partial charge >= 0.3 is 0 Å². The van der Waals surface area contributed by atoms with E-state index in [0.29, 0.717) is 30.5 Å². The van der Waals surface area contributed by atoms with Gasteiger partial charge in [-0.25, -0.2) is 8.42 Å². The van der Waals surface area contributed by atoms with Crippen molar-refractivity contribution in [3.05, 3.63) is 18.2 Å². The molecular weight excluding hydrogens is 364 g/mol. The minimum Gasteiger partial charge on any atom is -0.493 e. The lowest BCUT2D eigenvalue weighted by atomic mass is 9.94. The van der Waals surface area contributed by atoms with Crippen LogP contribution in [-0.4, -0.2) is 64.6 Å². The standard InChI is InChI=1S/C20H32N2O4S/c1-16-6-10-21(11-7-16)15-17-8-12-22(13-9-17)27(23,24)18-4-5-19(25-2)20(14-18)26-3/h4-5,14,16-17H,6-13,15H2,1-3H3. The van der Waals surface area contributed by atoms with E-state index < -0.39 is 10.0 Å². The van der Waals surface area contributed by atoms with Crippen LogP contribution in [0.3, 0.4) is 0 Å². The minimum absolute atomic E-state index is 0.267. The van der Waals surface area contributed by atoms with Crippen LogP contribution < -0.4 is 9.47 Å². The van der Waals surface area contributed by atoms with Crippen LogP contribution in [0.5, 0.6) is 11.5 Å². The molecule has 0 radical (unpaired) electrons. The molecule has 27 heavy (non-hydrogen) atoms. The van der Waals surface area contributed by atoms with Crippen molar-refractivity contribution in [1.82, 2.24) is 9.21 Å². The van der Waals surface area contributed by atoms with Gasteiger partial charge in [0.25, 0.3) is 0 Å². The molecule has 0 aliphatic carbocycles. The lowest BCUT2D eigenvalue weighted by Crippen LogP contribution is -2.43. The zero-order valence-electron chi connectivity index (χ0n) is 16.7. The van der Waals surface area contributed by atoms with E-state index in [4.69, 9.17) is 9.47 Å². The van der Waals surface area contributed by atoms with Gasteiger partial charge in [0.2, 0.25) is 10.0 Å². The highest BCUT2D eigenvalue weighted by atomic mass is 32.2. The number of hydrogen-bond donors (Lipinski definition) is 0. The van der Waals surface area contributed by atoms with Gasteiger partial charge in [-0.1, -0.05) is 6.92 Å². The van der Waals surface area contributed by atoms with Crippen molar-refractivity contribution in [3.63, 3.8) is 0 Å². The maximum atomic E-state index is 13.0. The SMILES string of the molecule is COc1ccc(S(=O)(=O)N2CCC(CN3CCC(C)CC3)CC2)cc1OC. The Bertz CT molecular complexity index is 721. The Balaban J connectivity index is 1.59. The smallest absolute Gasteiger partial charge is 0.243 e. The van der Waals surface area contributed by atoms with Gasteiger partial charge in [-0.3, -0.25) is 0 Å². The van der Waals surface area contributed by atoms with Gasteiger partial charge < -0.3 is 14.4 Å². The summed E-state index contributed by atoms with van der Waals surface area (Å²) in [7, 11) is -0.443. The maximum absolute atomic E-state index is 13.0. The topological polar surface area (TPSA) is 59.1 Å². The highest BCUT2D eigenvalue weighted by Crippen LogP contribution is 2.32. The summed E-state index contributed by atoms with van der Waals surface area (Å²) in [5, 5.41) is 0. The molecule has 2 aliphatic heterocycles. The molecule has 0 saturated carbocycles. The van der Waals surface area contributed by atoms with Crippen molar-refractivity contribution in [2.45, 2.75) is 37.5 Å². The van der Waals surface area contributed by atoms with E-state index in [1.165, 1.54) is 33.0 Å². The largest absolute Gasteiger partial charge is 0.493 e. The third-order valence-corrected chi connectivity index (χ3v) is 7.85. The fourth-order valence-electron chi connectivity index (χ4n) is 4.07. The van der Waals surface area contributed by atoms with Gasteiger partial charge in [0.05, 0.1) is 19.1 Å². The predicted octanol–water partition coefficient (Wildman–Crippen LogP) is 2.84. The minimum atomic E-state index is -3.50.